The summed E-state index contributed by atoms with van der Waals surface area (Å²) in [6.45, 7) is 3.51. The summed E-state index contributed by atoms with van der Waals surface area (Å²) < 4.78 is 23.8. The van der Waals surface area contributed by atoms with E-state index in [1.165, 1.54) is 12.1 Å². The van der Waals surface area contributed by atoms with Crippen LogP contribution in [0.1, 0.15) is 38.0 Å². The summed E-state index contributed by atoms with van der Waals surface area (Å²) in [5, 5.41) is 4.02. The van der Waals surface area contributed by atoms with E-state index in [0.29, 0.717) is 18.3 Å². The van der Waals surface area contributed by atoms with Gasteiger partial charge in [0.15, 0.2) is 0 Å². The Morgan fingerprint density at radius 1 is 1.28 bits per heavy atom. The number of carbonyl (C=O) groups excluding carboxylic acids is 1. The number of hydrogen-bond acceptors (Lipinski definition) is 6. The first kappa shape index (κ1) is 16.2. The van der Waals surface area contributed by atoms with Gasteiger partial charge >= 0.3 is 5.97 Å². The molecule has 2 fully saturated rings. The van der Waals surface area contributed by atoms with E-state index in [4.69, 9.17) is 9.26 Å². The van der Waals surface area contributed by atoms with Crippen LogP contribution >= 0.6 is 0 Å². The average Bonchev–Trinajstić information content (AvgIpc) is 3.22. The first-order valence-corrected chi connectivity index (χ1v) is 8.64. The van der Waals surface area contributed by atoms with E-state index < -0.39 is 0 Å². The second-order valence-electron chi connectivity index (χ2n) is 6.80. The fourth-order valence-corrected chi connectivity index (χ4v) is 3.64. The standard InChI is InChI=1S/C18H20FN3O3/c1-11-9-15(18(23)24-11)22-8-2-3-13(10-22)17-20-16(21-25-17)12-4-6-14(19)7-5-12/h4-7,11,13,15H,2-3,8-10H2,1H3/t11-,13-,15-/m1/s1. The van der Waals surface area contributed by atoms with Crippen LogP contribution in [0.25, 0.3) is 11.4 Å². The van der Waals surface area contributed by atoms with Gasteiger partial charge in [-0.15, -0.1) is 0 Å². The van der Waals surface area contributed by atoms with Crippen LogP contribution in [0, 0.1) is 5.82 Å². The summed E-state index contributed by atoms with van der Waals surface area (Å²) in [6.07, 6.45) is 2.62. The molecule has 0 unspecified atom stereocenters. The highest BCUT2D eigenvalue weighted by atomic mass is 19.1. The van der Waals surface area contributed by atoms with Crippen molar-refractivity contribution in [2.75, 3.05) is 13.1 Å². The van der Waals surface area contributed by atoms with Gasteiger partial charge in [0.05, 0.1) is 5.92 Å². The smallest absolute Gasteiger partial charge is 0.323 e. The van der Waals surface area contributed by atoms with Gasteiger partial charge < -0.3 is 9.26 Å². The molecule has 3 heterocycles. The highest BCUT2D eigenvalue weighted by Gasteiger charge is 2.39. The lowest BCUT2D eigenvalue weighted by Gasteiger charge is -2.33. The Morgan fingerprint density at radius 3 is 2.80 bits per heavy atom. The minimum Gasteiger partial charge on any atom is -0.461 e. The lowest BCUT2D eigenvalue weighted by atomic mass is 9.96. The maximum Gasteiger partial charge on any atom is 0.323 e. The topological polar surface area (TPSA) is 68.5 Å². The van der Waals surface area contributed by atoms with E-state index >= 15 is 0 Å². The van der Waals surface area contributed by atoms with E-state index in [1.54, 1.807) is 12.1 Å². The Bertz CT molecular complexity index is 761. The highest BCUT2D eigenvalue weighted by molar-refractivity contribution is 5.78. The Labute approximate surface area is 145 Å². The molecule has 6 nitrogen and oxygen atoms in total. The van der Waals surface area contributed by atoms with Crippen LogP contribution in [0.2, 0.25) is 0 Å². The molecule has 25 heavy (non-hydrogen) atoms. The fourth-order valence-electron chi connectivity index (χ4n) is 3.64. The molecule has 7 heteroatoms. The maximum atomic E-state index is 13.0. The molecular weight excluding hydrogens is 325 g/mol. The predicted octanol–water partition coefficient (Wildman–Crippen LogP) is 2.76. The van der Waals surface area contributed by atoms with Crippen LogP contribution in [0.3, 0.4) is 0 Å². The van der Waals surface area contributed by atoms with Crippen molar-refractivity contribution in [2.45, 2.75) is 44.2 Å². The molecular formula is C18H20FN3O3. The van der Waals surface area contributed by atoms with Crippen LogP contribution in [0.4, 0.5) is 4.39 Å². The number of cyclic esters (lactones) is 1. The van der Waals surface area contributed by atoms with E-state index in [1.807, 2.05) is 6.92 Å². The van der Waals surface area contributed by atoms with Gasteiger partial charge in [-0.3, -0.25) is 9.69 Å². The molecule has 0 N–H and O–H groups in total. The molecule has 2 saturated heterocycles. The molecule has 0 spiro atoms. The van der Waals surface area contributed by atoms with Crippen molar-refractivity contribution in [3.8, 4) is 11.4 Å². The molecule has 132 valence electrons. The number of ether oxygens (including phenoxy) is 1. The monoisotopic (exact) mass is 345 g/mol. The van der Waals surface area contributed by atoms with Gasteiger partial charge in [-0.25, -0.2) is 4.39 Å². The molecule has 1 aromatic carbocycles. The summed E-state index contributed by atoms with van der Waals surface area (Å²) in [5.74, 6) is 0.697. The quantitative estimate of drug-likeness (QED) is 0.797. The molecule has 0 radical (unpaired) electrons. The largest absolute Gasteiger partial charge is 0.461 e. The third-order valence-corrected chi connectivity index (χ3v) is 4.93. The molecule has 2 aromatic rings. The normalized spacial score (nSPS) is 27.4. The summed E-state index contributed by atoms with van der Waals surface area (Å²) in [5.41, 5.74) is 0.720. The van der Waals surface area contributed by atoms with Crippen molar-refractivity contribution >= 4 is 5.97 Å². The third-order valence-electron chi connectivity index (χ3n) is 4.93. The molecule has 3 atom stereocenters. The zero-order valence-corrected chi connectivity index (χ0v) is 14.0. The second kappa shape index (κ2) is 6.55. The van der Waals surface area contributed by atoms with Gasteiger partial charge in [-0.1, -0.05) is 5.16 Å². The molecule has 0 bridgehead atoms. The first-order chi connectivity index (χ1) is 12.1. The lowest BCUT2D eigenvalue weighted by molar-refractivity contribution is -0.145. The number of nitrogens with zero attached hydrogens (tertiary/aromatic N) is 3. The number of carbonyl (C=O) groups is 1. The van der Waals surface area contributed by atoms with E-state index in [0.717, 1.165) is 31.4 Å². The van der Waals surface area contributed by atoms with Gasteiger partial charge in [0.25, 0.3) is 0 Å². The minimum absolute atomic E-state index is 0.0219. The minimum atomic E-state index is -0.298. The van der Waals surface area contributed by atoms with Crippen LogP contribution in [0.15, 0.2) is 28.8 Å². The van der Waals surface area contributed by atoms with Crippen LogP contribution in [-0.4, -0.2) is 46.2 Å². The number of esters is 1. The number of aromatic nitrogens is 2. The number of halogens is 1. The Balaban J connectivity index is 1.48. The van der Waals surface area contributed by atoms with Gasteiger partial charge in [0.1, 0.15) is 18.0 Å². The van der Waals surface area contributed by atoms with Crippen LogP contribution < -0.4 is 0 Å². The van der Waals surface area contributed by atoms with Gasteiger partial charge in [0, 0.05) is 18.5 Å². The predicted molar refractivity (Wildman–Crippen MR) is 87.2 cm³/mol. The summed E-state index contributed by atoms with van der Waals surface area (Å²) in [6, 6.07) is 5.85. The molecule has 0 aliphatic carbocycles. The van der Waals surface area contributed by atoms with E-state index in [2.05, 4.69) is 15.0 Å². The summed E-state index contributed by atoms with van der Waals surface area (Å²) in [4.78, 5) is 18.7. The Hall–Kier alpha value is -2.28. The van der Waals surface area contributed by atoms with Crippen molar-refractivity contribution in [3.63, 3.8) is 0 Å². The zero-order valence-electron chi connectivity index (χ0n) is 14.0. The van der Waals surface area contributed by atoms with Crippen molar-refractivity contribution in [2.24, 2.45) is 0 Å². The SMILES string of the molecule is C[C@@H]1C[C@@H](N2CCC[C@@H](c3nc(-c4ccc(F)cc4)no3)C2)C(=O)O1. The van der Waals surface area contributed by atoms with Gasteiger partial charge in [-0.2, -0.15) is 4.98 Å². The number of benzene rings is 1. The van der Waals surface area contributed by atoms with E-state index in [9.17, 15) is 9.18 Å². The number of rotatable bonds is 3. The molecule has 0 amide bonds. The van der Waals surface area contributed by atoms with Gasteiger partial charge in [0.2, 0.25) is 11.7 Å². The molecule has 2 aliphatic heterocycles. The van der Waals surface area contributed by atoms with Crippen molar-refractivity contribution in [3.05, 3.63) is 36.0 Å². The molecule has 0 saturated carbocycles. The summed E-state index contributed by atoms with van der Waals surface area (Å²) >= 11 is 0. The molecule has 4 rings (SSSR count). The fraction of sp³-hybridized carbons (Fsp3) is 0.500. The highest BCUT2D eigenvalue weighted by Crippen LogP contribution is 2.31. The number of hydrogen-bond donors (Lipinski definition) is 0. The average molecular weight is 345 g/mol. The van der Waals surface area contributed by atoms with Crippen molar-refractivity contribution < 1.29 is 18.4 Å². The van der Waals surface area contributed by atoms with Crippen LogP contribution in [-0.2, 0) is 9.53 Å². The number of likely N-dealkylation sites (tertiary alicyclic amines) is 1. The van der Waals surface area contributed by atoms with Gasteiger partial charge in [-0.05, 0) is 50.6 Å². The zero-order chi connectivity index (χ0) is 17.4. The molecule has 1 aromatic heterocycles. The maximum absolute atomic E-state index is 13.0. The first-order valence-electron chi connectivity index (χ1n) is 8.64. The number of piperidine rings is 1. The second-order valence-corrected chi connectivity index (χ2v) is 6.80. The summed E-state index contributed by atoms with van der Waals surface area (Å²) in [7, 11) is 0. The third kappa shape index (κ3) is 3.28. The van der Waals surface area contributed by atoms with Crippen molar-refractivity contribution in [1.29, 1.82) is 0 Å². The van der Waals surface area contributed by atoms with Crippen LogP contribution in [0.5, 0.6) is 0 Å². The Morgan fingerprint density at radius 2 is 2.08 bits per heavy atom. The Kier molecular flexibility index (Phi) is 4.25. The molecule has 2 aliphatic rings. The van der Waals surface area contributed by atoms with E-state index in [-0.39, 0.29) is 29.9 Å². The van der Waals surface area contributed by atoms with Crippen molar-refractivity contribution in [1.82, 2.24) is 15.0 Å². The lowest BCUT2D eigenvalue weighted by Crippen LogP contribution is -2.44.